The first kappa shape index (κ1) is 20.7. The summed E-state index contributed by atoms with van der Waals surface area (Å²) in [6, 6.07) is 16.3. The summed E-state index contributed by atoms with van der Waals surface area (Å²) in [7, 11) is 0. The first-order chi connectivity index (χ1) is 15.5. The van der Waals surface area contributed by atoms with Gasteiger partial charge in [-0.3, -0.25) is 9.59 Å². The van der Waals surface area contributed by atoms with E-state index in [0.29, 0.717) is 17.1 Å². The second kappa shape index (κ2) is 9.04. The highest BCUT2D eigenvalue weighted by molar-refractivity contribution is 6.24. The van der Waals surface area contributed by atoms with E-state index in [-0.39, 0.29) is 17.1 Å². The lowest BCUT2D eigenvalue weighted by Crippen LogP contribution is -2.19. The lowest BCUT2D eigenvalue weighted by atomic mass is 10.2. The van der Waals surface area contributed by atoms with Crippen molar-refractivity contribution in [2.75, 3.05) is 10.6 Å². The maximum absolute atomic E-state index is 14.0. The van der Waals surface area contributed by atoms with Crippen LogP contribution in [0, 0.1) is 5.82 Å². The van der Waals surface area contributed by atoms with E-state index >= 15 is 0 Å². The largest absolute Gasteiger partial charge is 0.465 e. The molecule has 0 spiro atoms. The number of halogens is 1. The van der Waals surface area contributed by atoms with Gasteiger partial charge in [0.1, 0.15) is 17.3 Å². The molecule has 32 heavy (non-hydrogen) atoms. The minimum absolute atomic E-state index is 0.0562. The van der Waals surface area contributed by atoms with Gasteiger partial charge in [0.05, 0.1) is 12.0 Å². The molecule has 4 rings (SSSR count). The van der Waals surface area contributed by atoms with Gasteiger partial charge in [0, 0.05) is 24.3 Å². The number of nitrogens with zero attached hydrogens (tertiary/aromatic N) is 4. The fourth-order valence-corrected chi connectivity index (χ4v) is 2.93. The second-order valence-electron chi connectivity index (χ2n) is 6.66. The highest BCUT2D eigenvalue weighted by atomic mass is 19.1. The number of nitrogens with one attached hydrogen (secondary N) is 2. The summed E-state index contributed by atoms with van der Waals surface area (Å²) < 4.78 is 20.6. The minimum Gasteiger partial charge on any atom is -0.465 e. The van der Waals surface area contributed by atoms with Crippen LogP contribution < -0.4 is 10.6 Å². The third-order valence-corrected chi connectivity index (χ3v) is 4.32. The summed E-state index contributed by atoms with van der Waals surface area (Å²) in [5.74, 6) is -0.895. The molecule has 0 saturated carbocycles. The summed E-state index contributed by atoms with van der Waals surface area (Å²) in [5, 5.41) is 16.8. The smallest absolute Gasteiger partial charge is 0.274 e. The van der Waals surface area contributed by atoms with E-state index < -0.39 is 17.6 Å². The van der Waals surface area contributed by atoms with E-state index in [9.17, 15) is 14.0 Å². The Balaban J connectivity index is 1.71. The van der Waals surface area contributed by atoms with Gasteiger partial charge in [-0.1, -0.05) is 30.3 Å². The Labute approximate surface area is 181 Å². The zero-order chi connectivity index (χ0) is 22.5. The molecule has 10 heteroatoms. The molecule has 0 aliphatic heterocycles. The van der Waals surface area contributed by atoms with Crippen LogP contribution in [0.15, 0.2) is 71.3 Å². The average molecular weight is 432 g/mol. The highest BCUT2D eigenvalue weighted by Crippen LogP contribution is 2.24. The normalized spacial score (nSPS) is 11.2. The number of benzene rings is 2. The van der Waals surface area contributed by atoms with Crippen LogP contribution in [-0.2, 0) is 9.59 Å². The number of rotatable bonds is 6. The first-order valence-corrected chi connectivity index (χ1v) is 9.49. The molecule has 0 unspecified atom stereocenters. The summed E-state index contributed by atoms with van der Waals surface area (Å²) in [6.07, 6.45) is 2.95. The van der Waals surface area contributed by atoms with Crippen molar-refractivity contribution in [1.29, 1.82) is 0 Å². The molecule has 9 nitrogen and oxygen atoms in total. The van der Waals surface area contributed by atoms with E-state index in [4.69, 9.17) is 4.42 Å². The van der Waals surface area contributed by atoms with Crippen molar-refractivity contribution in [2.45, 2.75) is 6.92 Å². The Bertz CT molecular complexity index is 1280. The quantitative estimate of drug-likeness (QED) is 0.449. The molecule has 2 amide bonds. The molecule has 2 N–H and O–H groups in total. The first-order valence-electron chi connectivity index (χ1n) is 9.49. The number of amides is 2. The van der Waals surface area contributed by atoms with Gasteiger partial charge in [0.25, 0.3) is 5.91 Å². The molecule has 0 bridgehead atoms. The second-order valence-corrected chi connectivity index (χ2v) is 6.66. The van der Waals surface area contributed by atoms with E-state index in [1.54, 1.807) is 12.1 Å². The number of furan rings is 1. The molecule has 0 atom stereocenters. The third kappa shape index (κ3) is 4.59. The Morgan fingerprint density at radius 1 is 1.06 bits per heavy atom. The predicted molar refractivity (Wildman–Crippen MR) is 115 cm³/mol. The molecule has 2 aromatic carbocycles. The molecule has 0 fully saturated rings. The number of anilines is 2. The molecule has 160 valence electrons. The van der Waals surface area contributed by atoms with Crippen molar-refractivity contribution < 1.29 is 18.4 Å². The highest BCUT2D eigenvalue weighted by Gasteiger charge is 2.20. The van der Waals surface area contributed by atoms with Crippen molar-refractivity contribution in [1.82, 2.24) is 20.2 Å². The maximum atomic E-state index is 14.0. The van der Waals surface area contributed by atoms with Crippen LogP contribution in [0.25, 0.3) is 23.2 Å². The Kier molecular flexibility index (Phi) is 5.84. The van der Waals surface area contributed by atoms with Gasteiger partial charge in [0.2, 0.25) is 5.91 Å². The standard InChI is InChI=1S/C22H17FN6O3/c1-14(30)24-19-12-16(9-10-18(19)23)25-22(31)20(13-17-8-5-11-32-17)29-21(26-27-28-29)15-6-3-2-4-7-15/h2-13H,1H3,(H,24,30)(H,25,31)/b20-13-. The number of tetrazole rings is 1. The Hall–Kier alpha value is -4.60. The van der Waals surface area contributed by atoms with Crippen LogP contribution in [0.1, 0.15) is 12.7 Å². The number of carbonyl (C=O) groups is 2. The SMILES string of the molecule is CC(=O)Nc1cc(NC(=O)/C(=C/c2ccco2)n2nnnc2-c2ccccc2)ccc1F. The van der Waals surface area contributed by atoms with Gasteiger partial charge in [-0.2, -0.15) is 4.68 Å². The summed E-state index contributed by atoms with van der Waals surface area (Å²) in [5.41, 5.74) is 0.971. The van der Waals surface area contributed by atoms with Crippen molar-refractivity contribution in [2.24, 2.45) is 0 Å². The van der Waals surface area contributed by atoms with Crippen LogP contribution in [0.3, 0.4) is 0 Å². The van der Waals surface area contributed by atoms with Gasteiger partial charge < -0.3 is 15.1 Å². The molecule has 0 radical (unpaired) electrons. The summed E-state index contributed by atoms with van der Waals surface area (Å²) >= 11 is 0. The van der Waals surface area contributed by atoms with Crippen molar-refractivity contribution in [3.63, 3.8) is 0 Å². The third-order valence-electron chi connectivity index (χ3n) is 4.32. The monoisotopic (exact) mass is 432 g/mol. The molecular formula is C22H17FN6O3. The molecule has 2 heterocycles. The summed E-state index contributed by atoms with van der Waals surface area (Å²) in [4.78, 5) is 24.5. The Morgan fingerprint density at radius 3 is 2.59 bits per heavy atom. The van der Waals surface area contributed by atoms with Crippen LogP contribution in [0.2, 0.25) is 0 Å². The van der Waals surface area contributed by atoms with Gasteiger partial charge in [-0.15, -0.1) is 5.10 Å². The van der Waals surface area contributed by atoms with Crippen LogP contribution in [0.4, 0.5) is 15.8 Å². The fraction of sp³-hybridized carbons (Fsp3) is 0.0455. The number of hydrogen-bond acceptors (Lipinski definition) is 6. The lowest BCUT2D eigenvalue weighted by molar-refractivity contribution is -0.114. The topological polar surface area (TPSA) is 115 Å². The molecule has 0 aliphatic carbocycles. The van der Waals surface area contributed by atoms with Crippen molar-refractivity contribution in [3.05, 3.63) is 78.5 Å². The van der Waals surface area contributed by atoms with Crippen molar-refractivity contribution in [3.8, 4) is 11.4 Å². The van der Waals surface area contributed by atoms with Gasteiger partial charge in [-0.25, -0.2) is 4.39 Å². The van der Waals surface area contributed by atoms with Gasteiger partial charge >= 0.3 is 0 Å². The molecule has 2 aromatic heterocycles. The maximum Gasteiger partial charge on any atom is 0.274 e. The number of carbonyl (C=O) groups excluding carboxylic acids is 2. The molecule has 0 saturated heterocycles. The zero-order valence-corrected chi connectivity index (χ0v) is 16.8. The van der Waals surface area contributed by atoms with E-state index in [0.717, 1.165) is 6.07 Å². The van der Waals surface area contributed by atoms with Gasteiger partial charge in [-0.05, 0) is 40.8 Å². The van der Waals surface area contributed by atoms with Crippen LogP contribution in [-0.4, -0.2) is 32.0 Å². The molecule has 4 aromatic rings. The summed E-state index contributed by atoms with van der Waals surface area (Å²) in [6.45, 7) is 1.26. The van der Waals surface area contributed by atoms with E-state index in [2.05, 4.69) is 26.2 Å². The molecular weight excluding hydrogens is 415 g/mol. The average Bonchev–Trinajstić information content (AvgIpc) is 3.46. The number of hydrogen-bond donors (Lipinski definition) is 2. The minimum atomic E-state index is -0.628. The lowest BCUT2D eigenvalue weighted by Gasteiger charge is -2.12. The number of aromatic nitrogens is 4. The Morgan fingerprint density at radius 2 is 1.88 bits per heavy atom. The molecule has 0 aliphatic rings. The van der Waals surface area contributed by atoms with Crippen molar-refractivity contribution >= 4 is 35.0 Å². The van der Waals surface area contributed by atoms with Crippen LogP contribution in [0.5, 0.6) is 0 Å². The fourth-order valence-electron chi connectivity index (χ4n) is 2.93. The van der Waals surface area contributed by atoms with Crippen LogP contribution >= 0.6 is 0 Å². The van der Waals surface area contributed by atoms with Gasteiger partial charge in [0.15, 0.2) is 5.82 Å². The van der Waals surface area contributed by atoms with E-state index in [1.165, 1.54) is 36.1 Å². The van der Waals surface area contributed by atoms with E-state index in [1.807, 2.05) is 30.3 Å². The zero-order valence-electron chi connectivity index (χ0n) is 16.8. The predicted octanol–water partition coefficient (Wildman–Crippen LogP) is 3.67.